The number of halogens is 3. The van der Waals surface area contributed by atoms with Gasteiger partial charge in [0.1, 0.15) is 17.3 Å². The van der Waals surface area contributed by atoms with Gasteiger partial charge in [-0.1, -0.05) is 23.2 Å². The van der Waals surface area contributed by atoms with Crippen molar-refractivity contribution in [3.63, 3.8) is 0 Å². The van der Waals surface area contributed by atoms with Crippen LogP contribution in [-0.4, -0.2) is 37.1 Å². The van der Waals surface area contributed by atoms with Crippen LogP contribution < -0.4 is 20.1 Å². The molecule has 2 amide bonds. The van der Waals surface area contributed by atoms with Gasteiger partial charge in [-0.2, -0.15) is 0 Å². The van der Waals surface area contributed by atoms with Crippen LogP contribution in [0.15, 0.2) is 42.5 Å². The second kappa shape index (κ2) is 11.2. The maximum Gasteiger partial charge on any atom is 0.258 e. The minimum absolute atomic E-state index is 0.00260. The van der Waals surface area contributed by atoms with Gasteiger partial charge in [0.05, 0.1) is 5.02 Å². The van der Waals surface area contributed by atoms with Gasteiger partial charge in [0.25, 0.3) is 11.8 Å². The molecule has 0 aliphatic heterocycles. The summed E-state index contributed by atoms with van der Waals surface area (Å²) >= 11 is 11.4. The lowest BCUT2D eigenvalue weighted by molar-refractivity contribution is -0.125. The molecule has 0 atom stereocenters. The molecule has 0 radical (unpaired) electrons. The summed E-state index contributed by atoms with van der Waals surface area (Å²) in [5, 5.41) is 6.47. The Morgan fingerprint density at radius 3 is 1.84 bits per heavy atom. The summed E-state index contributed by atoms with van der Waals surface area (Å²) in [6.07, 6.45) is 2.98. The number of nitrogens with one attached hydrogen (secondary N) is 2. The average Bonchev–Trinajstić information content (AvgIpc) is 2.75. The zero-order chi connectivity index (χ0) is 22.2. The zero-order valence-electron chi connectivity index (χ0n) is 16.7. The van der Waals surface area contributed by atoms with Crippen LogP contribution >= 0.6 is 23.2 Å². The lowest BCUT2D eigenvalue weighted by Gasteiger charge is -2.29. The zero-order valence-corrected chi connectivity index (χ0v) is 18.2. The fourth-order valence-corrected chi connectivity index (χ4v) is 3.56. The maximum absolute atomic E-state index is 13.4. The topological polar surface area (TPSA) is 76.7 Å². The Labute approximate surface area is 190 Å². The molecule has 1 saturated carbocycles. The Morgan fingerprint density at radius 2 is 1.32 bits per heavy atom. The van der Waals surface area contributed by atoms with Crippen molar-refractivity contribution in [2.75, 3.05) is 13.2 Å². The van der Waals surface area contributed by atoms with E-state index in [9.17, 15) is 14.0 Å². The average molecular weight is 469 g/mol. The van der Waals surface area contributed by atoms with E-state index in [2.05, 4.69) is 10.6 Å². The third-order valence-electron chi connectivity index (χ3n) is 4.90. The van der Waals surface area contributed by atoms with Gasteiger partial charge in [-0.3, -0.25) is 9.59 Å². The lowest BCUT2D eigenvalue weighted by Crippen LogP contribution is -2.45. The molecule has 2 N–H and O–H groups in total. The third-order valence-corrected chi connectivity index (χ3v) is 5.46. The van der Waals surface area contributed by atoms with Gasteiger partial charge in [0, 0.05) is 23.2 Å². The number of amides is 2. The predicted octanol–water partition coefficient (Wildman–Crippen LogP) is 4.13. The molecule has 1 aliphatic rings. The van der Waals surface area contributed by atoms with Gasteiger partial charge >= 0.3 is 0 Å². The summed E-state index contributed by atoms with van der Waals surface area (Å²) in [6, 6.07) is 10.9. The van der Waals surface area contributed by atoms with Gasteiger partial charge in [0.15, 0.2) is 13.2 Å². The van der Waals surface area contributed by atoms with Gasteiger partial charge < -0.3 is 20.1 Å². The van der Waals surface area contributed by atoms with Crippen molar-refractivity contribution in [1.82, 2.24) is 10.6 Å². The second-order valence-corrected chi connectivity index (χ2v) is 8.13. The largest absolute Gasteiger partial charge is 0.484 e. The smallest absolute Gasteiger partial charge is 0.258 e. The van der Waals surface area contributed by atoms with Crippen LogP contribution in [0.2, 0.25) is 10.0 Å². The number of benzene rings is 2. The normalized spacial score (nSPS) is 18.2. The quantitative estimate of drug-likeness (QED) is 0.610. The number of carbonyl (C=O) groups excluding carboxylic acids is 2. The summed E-state index contributed by atoms with van der Waals surface area (Å²) in [6.45, 7) is -0.277. The molecule has 0 aromatic heterocycles. The van der Waals surface area contributed by atoms with Crippen LogP contribution in [0.1, 0.15) is 25.7 Å². The van der Waals surface area contributed by atoms with Crippen molar-refractivity contribution in [2.24, 2.45) is 0 Å². The fourth-order valence-electron chi connectivity index (χ4n) is 3.32. The van der Waals surface area contributed by atoms with Crippen LogP contribution in [0.3, 0.4) is 0 Å². The molecule has 6 nitrogen and oxygen atoms in total. The van der Waals surface area contributed by atoms with Crippen molar-refractivity contribution < 1.29 is 23.5 Å². The highest BCUT2D eigenvalue weighted by Gasteiger charge is 2.23. The van der Waals surface area contributed by atoms with Crippen LogP contribution in [0.25, 0.3) is 0 Å². The van der Waals surface area contributed by atoms with Gasteiger partial charge in [0.2, 0.25) is 0 Å². The molecule has 0 bridgehead atoms. The highest BCUT2D eigenvalue weighted by Crippen LogP contribution is 2.21. The minimum Gasteiger partial charge on any atom is -0.484 e. The molecule has 0 spiro atoms. The van der Waals surface area contributed by atoms with Gasteiger partial charge in [-0.15, -0.1) is 0 Å². The minimum atomic E-state index is -0.599. The van der Waals surface area contributed by atoms with Crippen LogP contribution in [-0.2, 0) is 9.59 Å². The molecular formula is C22H23Cl2FN2O4. The molecular weight excluding hydrogens is 446 g/mol. The van der Waals surface area contributed by atoms with Crippen LogP contribution in [0.4, 0.5) is 4.39 Å². The van der Waals surface area contributed by atoms with Crippen molar-refractivity contribution >= 4 is 35.0 Å². The van der Waals surface area contributed by atoms with E-state index >= 15 is 0 Å². The molecule has 2 aromatic rings. The highest BCUT2D eigenvalue weighted by molar-refractivity contribution is 6.30. The molecule has 31 heavy (non-hydrogen) atoms. The molecule has 0 saturated heterocycles. The Bertz CT molecular complexity index is 903. The molecule has 0 unspecified atom stereocenters. The summed E-state index contributed by atoms with van der Waals surface area (Å²) in [4.78, 5) is 24.2. The predicted molar refractivity (Wildman–Crippen MR) is 116 cm³/mol. The van der Waals surface area contributed by atoms with E-state index in [0.29, 0.717) is 10.8 Å². The first-order valence-corrected chi connectivity index (χ1v) is 10.7. The maximum atomic E-state index is 13.4. The summed E-state index contributed by atoms with van der Waals surface area (Å²) in [5.41, 5.74) is 0. The molecule has 166 valence electrons. The molecule has 0 heterocycles. The highest BCUT2D eigenvalue weighted by atomic mass is 35.5. The van der Waals surface area contributed by atoms with Crippen molar-refractivity contribution in [3.8, 4) is 11.5 Å². The fraction of sp³-hybridized carbons (Fsp3) is 0.364. The van der Waals surface area contributed by atoms with Crippen LogP contribution in [0.5, 0.6) is 11.5 Å². The Hall–Kier alpha value is -2.51. The van der Waals surface area contributed by atoms with Crippen LogP contribution in [0, 0.1) is 5.82 Å². The first-order chi connectivity index (χ1) is 14.9. The molecule has 3 rings (SSSR count). The molecule has 1 fully saturated rings. The van der Waals surface area contributed by atoms with E-state index in [4.69, 9.17) is 32.7 Å². The number of hydrogen-bond acceptors (Lipinski definition) is 4. The molecule has 2 aromatic carbocycles. The number of rotatable bonds is 8. The summed E-state index contributed by atoms with van der Waals surface area (Å²) in [7, 11) is 0. The second-order valence-electron chi connectivity index (χ2n) is 7.29. The standard InChI is InChI=1S/C22H23Cl2FN2O4/c23-14-1-7-17(8-2-14)30-12-21(28)26-15-3-5-16(6-4-15)27-22(29)13-31-18-9-10-19(24)20(25)11-18/h1-2,7-11,15-16H,3-6,12-13H2,(H,26,28)(H,27,29)/t15-,16-. The number of hydrogen-bond donors (Lipinski definition) is 2. The Kier molecular flexibility index (Phi) is 8.37. The van der Waals surface area contributed by atoms with E-state index in [1.165, 1.54) is 12.1 Å². The van der Waals surface area contributed by atoms with E-state index in [0.717, 1.165) is 31.7 Å². The molecule has 9 heteroatoms. The van der Waals surface area contributed by atoms with Crippen molar-refractivity contribution in [2.45, 2.75) is 37.8 Å². The van der Waals surface area contributed by atoms with Crippen molar-refractivity contribution in [1.29, 1.82) is 0 Å². The van der Waals surface area contributed by atoms with E-state index in [-0.39, 0.29) is 47.9 Å². The SMILES string of the molecule is O=C(COc1ccc(Cl)cc1)N[C@H]1CC[C@H](NC(=O)COc2ccc(Cl)c(F)c2)CC1. The first-order valence-electron chi connectivity index (χ1n) is 9.94. The first kappa shape index (κ1) is 23.2. The summed E-state index contributed by atoms with van der Waals surface area (Å²) < 4.78 is 24.1. The van der Waals surface area contributed by atoms with E-state index < -0.39 is 5.82 Å². The Balaban J connectivity index is 1.32. The Morgan fingerprint density at radius 1 is 0.839 bits per heavy atom. The lowest BCUT2D eigenvalue weighted by atomic mass is 9.91. The number of ether oxygens (including phenoxy) is 2. The van der Waals surface area contributed by atoms with Gasteiger partial charge in [-0.05, 0) is 62.1 Å². The monoisotopic (exact) mass is 468 g/mol. The summed E-state index contributed by atoms with van der Waals surface area (Å²) in [5.74, 6) is -0.248. The third kappa shape index (κ3) is 7.60. The van der Waals surface area contributed by atoms with E-state index in [1.807, 2.05) is 0 Å². The van der Waals surface area contributed by atoms with Gasteiger partial charge in [-0.25, -0.2) is 4.39 Å². The van der Waals surface area contributed by atoms with E-state index in [1.54, 1.807) is 24.3 Å². The number of carbonyl (C=O) groups is 2. The van der Waals surface area contributed by atoms with Crippen molar-refractivity contribution in [3.05, 3.63) is 58.3 Å². The molecule has 1 aliphatic carbocycles.